The van der Waals surface area contributed by atoms with Crippen LogP contribution in [0.4, 0.5) is 5.69 Å². The maximum Gasteiger partial charge on any atom is 0.231 e. The number of amides is 1. The minimum Gasteiger partial charge on any atom is -0.325 e. The van der Waals surface area contributed by atoms with Crippen molar-refractivity contribution < 1.29 is 4.79 Å². The molecule has 20 heavy (non-hydrogen) atoms. The third-order valence-electron chi connectivity index (χ3n) is 3.75. The van der Waals surface area contributed by atoms with Crippen LogP contribution in [0.2, 0.25) is 0 Å². The Kier molecular flexibility index (Phi) is 3.94. The average molecular weight is 350 g/mol. The number of hydrogen-bond donors (Lipinski definition) is 1. The fourth-order valence-corrected chi connectivity index (χ4v) is 4.28. The predicted molar refractivity (Wildman–Crippen MR) is 87.5 cm³/mol. The van der Waals surface area contributed by atoms with Gasteiger partial charge in [-0.05, 0) is 76.8 Å². The van der Waals surface area contributed by atoms with Gasteiger partial charge < -0.3 is 5.32 Å². The lowest BCUT2D eigenvalue weighted by atomic mass is 9.87. The molecule has 104 valence electrons. The molecule has 0 spiro atoms. The Morgan fingerprint density at radius 2 is 2.25 bits per heavy atom. The summed E-state index contributed by atoms with van der Waals surface area (Å²) in [7, 11) is 0. The first-order valence-electron chi connectivity index (χ1n) is 6.78. The van der Waals surface area contributed by atoms with Crippen LogP contribution >= 0.6 is 27.3 Å². The Morgan fingerprint density at radius 1 is 1.40 bits per heavy atom. The van der Waals surface area contributed by atoms with Crippen LogP contribution in [0, 0.1) is 6.92 Å². The van der Waals surface area contributed by atoms with Gasteiger partial charge in [0, 0.05) is 9.35 Å². The molecule has 0 saturated carbocycles. The topological polar surface area (TPSA) is 29.1 Å². The largest absolute Gasteiger partial charge is 0.325 e. The number of thiophene rings is 1. The lowest BCUT2D eigenvalue weighted by molar-refractivity contribution is -0.117. The highest BCUT2D eigenvalue weighted by atomic mass is 79.9. The highest BCUT2D eigenvalue weighted by molar-refractivity contribution is 9.10. The zero-order valence-corrected chi connectivity index (χ0v) is 13.7. The third-order valence-corrected chi connectivity index (χ3v) is 5.40. The third kappa shape index (κ3) is 2.67. The molecule has 0 bridgehead atoms. The van der Waals surface area contributed by atoms with E-state index in [1.807, 2.05) is 25.1 Å². The summed E-state index contributed by atoms with van der Waals surface area (Å²) in [5, 5.41) is 5.15. The van der Waals surface area contributed by atoms with Crippen molar-refractivity contribution >= 4 is 38.9 Å². The fourth-order valence-electron chi connectivity index (χ4n) is 2.70. The summed E-state index contributed by atoms with van der Waals surface area (Å²) >= 11 is 5.28. The molecular formula is C16H16BrNOS. The number of hydrogen-bond acceptors (Lipinski definition) is 2. The van der Waals surface area contributed by atoms with Gasteiger partial charge >= 0.3 is 0 Å². The van der Waals surface area contributed by atoms with E-state index in [1.165, 1.54) is 16.0 Å². The van der Waals surface area contributed by atoms with Crippen molar-refractivity contribution in [2.45, 2.75) is 32.1 Å². The highest BCUT2D eigenvalue weighted by Gasteiger charge is 2.27. The van der Waals surface area contributed by atoms with Gasteiger partial charge in [0.1, 0.15) is 0 Å². The zero-order chi connectivity index (χ0) is 14.1. The molecule has 1 aliphatic carbocycles. The molecule has 1 N–H and O–H groups in total. The van der Waals surface area contributed by atoms with Crippen LogP contribution in [-0.4, -0.2) is 5.91 Å². The Morgan fingerprint density at radius 3 is 3.05 bits per heavy atom. The lowest BCUT2D eigenvalue weighted by Gasteiger charge is -2.22. The number of benzene rings is 1. The van der Waals surface area contributed by atoms with Crippen molar-refractivity contribution in [3.05, 3.63) is 50.1 Å². The summed E-state index contributed by atoms with van der Waals surface area (Å²) in [6.45, 7) is 2.04. The van der Waals surface area contributed by atoms with E-state index in [4.69, 9.17) is 0 Å². The molecule has 0 radical (unpaired) electrons. The Balaban J connectivity index is 1.81. The molecule has 1 amide bonds. The van der Waals surface area contributed by atoms with Crippen molar-refractivity contribution in [3.8, 4) is 0 Å². The number of rotatable bonds is 2. The molecule has 4 heteroatoms. The monoisotopic (exact) mass is 349 g/mol. The standard InChI is InChI=1S/C16H16BrNOS/c1-10-5-6-14(13(17)9-10)18-16(19)12-3-2-4-15-11(12)7-8-20-15/h5-9,12H,2-4H2,1H3,(H,18,19). The van der Waals surface area contributed by atoms with E-state index < -0.39 is 0 Å². The second-order valence-electron chi connectivity index (χ2n) is 5.22. The molecule has 0 fully saturated rings. The van der Waals surface area contributed by atoms with E-state index in [-0.39, 0.29) is 11.8 Å². The Hall–Kier alpha value is -1.13. The van der Waals surface area contributed by atoms with Gasteiger partial charge in [-0.3, -0.25) is 4.79 Å². The van der Waals surface area contributed by atoms with Crippen LogP contribution in [-0.2, 0) is 11.2 Å². The molecule has 0 aliphatic heterocycles. The van der Waals surface area contributed by atoms with E-state index in [1.54, 1.807) is 11.3 Å². The molecule has 1 aromatic heterocycles. The van der Waals surface area contributed by atoms with Gasteiger partial charge in [-0.1, -0.05) is 6.07 Å². The van der Waals surface area contributed by atoms with Gasteiger partial charge in [-0.25, -0.2) is 0 Å². The van der Waals surface area contributed by atoms with Crippen molar-refractivity contribution in [1.29, 1.82) is 0 Å². The number of halogens is 1. The molecule has 1 atom stereocenters. The second-order valence-corrected chi connectivity index (χ2v) is 7.07. The van der Waals surface area contributed by atoms with Gasteiger partial charge in [0.25, 0.3) is 0 Å². The summed E-state index contributed by atoms with van der Waals surface area (Å²) in [4.78, 5) is 13.9. The van der Waals surface area contributed by atoms with E-state index in [2.05, 4.69) is 32.7 Å². The van der Waals surface area contributed by atoms with Gasteiger partial charge in [0.05, 0.1) is 11.6 Å². The normalized spacial score (nSPS) is 17.6. The van der Waals surface area contributed by atoms with Crippen LogP contribution in [0.15, 0.2) is 34.1 Å². The highest BCUT2D eigenvalue weighted by Crippen LogP contribution is 2.36. The summed E-state index contributed by atoms with van der Waals surface area (Å²) in [5.41, 5.74) is 3.25. The maximum absolute atomic E-state index is 12.5. The minimum absolute atomic E-state index is 0.00166. The van der Waals surface area contributed by atoms with Gasteiger partial charge in [0.2, 0.25) is 5.91 Å². The molecule has 1 unspecified atom stereocenters. The van der Waals surface area contributed by atoms with Crippen LogP contribution in [0.25, 0.3) is 0 Å². The zero-order valence-electron chi connectivity index (χ0n) is 11.3. The molecule has 0 saturated heterocycles. The summed E-state index contributed by atoms with van der Waals surface area (Å²) in [6, 6.07) is 8.09. The number of carbonyl (C=O) groups is 1. The first-order valence-corrected chi connectivity index (χ1v) is 8.45. The van der Waals surface area contributed by atoms with Gasteiger partial charge in [-0.15, -0.1) is 11.3 Å². The molecule has 1 aliphatic rings. The molecule has 2 nitrogen and oxygen atoms in total. The first-order chi connectivity index (χ1) is 9.65. The van der Waals surface area contributed by atoms with Crippen LogP contribution in [0.1, 0.15) is 34.8 Å². The number of aryl methyl sites for hydroxylation is 2. The molecule has 1 heterocycles. The Labute approximate surface area is 131 Å². The molecular weight excluding hydrogens is 334 g/mol. The maximum atomic E-state index is 12.5. The van der Waals surface area contributed by atoms with Crippen molar-refractivity contribution in [2.75, 3.05) is 5.32 Å². The SMILES string of the molecule is Cc1ccc(NC(=O)C2CCCc3sccc32)c(Br)c1. The average Bonchev–Trinajstić information content (AvgIpc) is 2.90. The summed E-state index contributed by atoms with van der Waals surface area (Å²) in [5.74, 6) is 0.104. The van der Waals surface area contributed by atoms with Crippen molar-refractivity contribution in [3.63, 3.8) is 0 Å². The predicted octanol–water partition coefficient (Wildman–Crippen LogP) is 4.88. The second kappa shape index (κ2) is 5.70. The van der Waals surface area contributed by atoms with E-state index in [0.717, 1.165) is 29.4 Å². The van der Waals surface area contributed by atoms with Gasteiger partial charge in [0.15, 0.2) is 0 Å². The number of fused-ring (bicyclic) bond motifs is 1. The van der Waals surface area contributed by atoms with E-state index >= 15 is 0 Å². The number of nitrogens with one attached hydrogen (secondary N) is 1. The molecule has 2 aromatic rings. The summed E-state index contributed by atoms with van der Waals surface area (Å²) < 4.78 is 0.937. The van der Waals surface area contributed by atoms with E-state index in [9.17, 15) is 4.79 Å². The fraction of sp³-hybridized carbons (Fsp3) is 0.312. The van der Waals surface area contributed by atoms with E-state index in [0.29, 0.717) is 0 Å². The van der Waals surface area contributed by atoms with Crippen LogP contribution in [0.5, 0.6) is 0 Å². The quantitative estimate of drug-likeness (QED) is 0.822. The van der Waals surface area contributed by atoms with Crippen molar-refractivity contribution in [2.24, 2.45) is 0 Å². The van der Waals surface area contributed by atoms with Crippen LogP contribution < -0.4 is 5.32 Å². The number of carbonyl (C=O) groups excluding carboxylic acids is 1. The summed E-state index contributed by atoms with van der Waals surface area (Å²) in [6.07, 6.45) is 3.16. The smallest absolute Gasteiger partial charge is 0.231 e. The first kappa shape index (κ1) is 13.8. The number of anilines is 1. The van der Waals surface area contributed by atoms with Gasteiger partial charge in [-0.2, -0.15) is 0 Å². The Bertz CT molecular complexity index is 650. The molecule has 1 aromatic carbocycles. The van der Waals surface area contributed by atoms with Crippen molar-refractivity contribution in [1.82, 2.24) is 0 Å². The lowest BCUT2D eigenvalue weighted by Crippen LogP contribution is -2.24. The minimum atomic E-state index is -0.00166. The molecule has 3 rings (SSSR count). The van der Waals surface area contributed by atoms with Crippen LogP contribution in [0.3, 0.4) is 0 Å².